The van der Waals surface area contributed by atoms with Crippen molar-refractivity contribution in [1.29, 1.82) is 0 Å². The van der Waals surface area contributed by atoms with Crippen LogP contribution in [0.5, 0.6) is 5.75 Å². The topological polar surface area (TPSA) is 94.8 Å². The van der Waals surface area contributed by atoms with Gasteiger partial charge in [-0.3, -0.25) is 14.9 Å². The Balaban J connectivity index is 1.52. The summed E-state index contributed by atoms with van der Waals surface area (Å²) >= 11 is 0. The molecule has 0 atom stereocenters. The van der Waals surface area contributed by atoms with Crippen LogP contribution in [0.3, 0.4) is 0 Å². The van der Waals surface area contributed by atoms with Crippen molar-refractivity contribution in [3.8, 4) is 17.1 Å². The monoisotopic (exact) mass is 433 g/mol. The summed E-state index contributed by atoms with van der Waals surface area (Å²) < 4.78 is 52.2. The number of furan rings is 1. The summed E-state index contributed by atoms with van der Waals surface area (Å²) in [6.07, 6.45) is 0. The van der Waals surface area contributed by atoms with Crippen LogP contribution in [-0.2, 0) is 9.53 Å². The van der Waals surface area contributed by atoms with Crippen molar-refractivity contribution in [2.24, 2.45) is 0 Å². The maximum Gasteiger partial charge on any atom is 0.387 e. The zero-order valence-corrected chi connectivity index (χ0v) is 15.6. The number of ether oxygens (including phenoxy) is 2. The highest BCUT2D eigenvalue weighted by Gasteiger charge is 2.18. The molecule has 3 rings (SSSR count). The largest absolute Gasteiger partial charge is 0.450 e. The predicted octanol–water partition coefficient (Wildman–Crippen LogP) is 3.80. The molecular weight excluding hydrogens is 419 g/mol. The summed E-state index contributed by atoms with van der Waals surface area (Å²) in [7, 11) is 0. The molecule has 3 aromatic rings. The van der Waals surface area contributed by atoms with Crippen molar-refractivity contribution in [1.82, 2.24) is 5.32 Å². The molecule has 0 aliphatic rings. The Hall–Kier alpha value is -4.08. The normalized spacial score (nSPS) is 10.6. The first-order chi connectivity index (χ1) is 14.8. The van der Waals surface area contributed by atoms with E-state index in [-0.39, 0.29) is 28.4 Å². The van der Waals surface area contributed by atoms with Gasteiger partial charge in [0.25, 0.3) is 11.8 Å². The summed E-state index contributed by atoms with van der Waals surface area (Å²) in [6, 6.07) is 13.1. The number of nitrogens with one attached hydrogen (secondary N) is 1. The lowest BCUT2D eigenvalue weighted by Gasteiger charge is -2.07. The van der Waals surface area contributed by atoms with Gasteiger partial charge in [-0.05, 0) is 48.5 Å². The molecule has 1 N–H and O–H groups in total. The van der Waals surface area contributed by atoms with Gasteiger partial charge < -0.3 is 13.9 Å². The van der Waals surface area contributed by atoms with E-state index < -0.39 is 36.8 Å². The Bertz CT molecular complexity index is 1090. The maximum absolute atomic E-state index is 13.8. The van der Waals surface area contributed by atoms with E-state index in [2.05, 4.69) is 4.74 Å². The molecule has 0 aliphatic heterocycles. The van der Waals surface area contributed by atoms with Crippen molar-refractivity contribution < 1.29 is 41.4 Å². The van der Waals surface area contributed by atoms with Gasteiger partial charge in [0.15, 0.2) is 6.61 Å². The molecule has 160 valence electrons. The van der Waals surface area contributed by atoms with Crippen LogP contribution >= 0.6 is 0 Å². The highest BCUT2D eigenvalue weighted by atomic mass is 19.3. The minimum absolute atomic E-state index is 0.00172. The van der Waals surface area contributed by atoms with Crippen LogP contribution in [0, 0.1) is 5.82 Å². The number of halogens is 3. The highest BCUT2D eigenvalue weighted by Crippen LogP contribution is 2.25. The van der Waals surface area contributed by atoms with Crippen LogP contribution in [0.25, 0.3) is 11.3 Å². The van der Waals surface area contributed by atoms with Gasteiger partial charge in [0, 0.05) is 5.56 Å². The zero-order valence-electron chi connectivity index (χ0n) is 15.6. The van der Waals surface area contributed by atoms with E-state index in [9.17, 15) is 27.6 Å². The molecule has 0 saturated carbocycles. The SMILES string of the molecule is O=C(COC(=O)c1ccc(-c2ccccc2F)o1)NC(=O)c1ccc(OC(F)F)cc1. The van der Waals surface area contributed by atoms with Crippen LogP contribution in [-0.4, -0.2) is 31.0 Å². The molecule has 0 unspecified atom stereocenters. The minimum Gasteiger partial charge on any atom is -0.450 e. The Labute approximate surface area is 173 Å². The lowest BCUT2D eigenvalue weighted by Crippen LogP contribution is -2.34. The van der Waals surface area contributed by atoms with Gasteiger partial charge in [0.05, 0.1) is 5.56 Å². The van der Waals surface area contributed by atoms with Crippen molar-refractivity contribution >= 4 is 17.8 Å². The van der Waals surface area contributed by atoms with Crippen LogP contribution < -0.4 is 10.1 Å². The van der Waals surface area contributed by atoms with E-state index in [0.29, 0.717) is 0 Å². The second kappa shape index (κ2) is 9.61. The number of amides is 2. The first-order valence-electron chi connectivity index (χ1n) is 8.74. The third kappa shape index (κ3) is 5.72. The molecule has 1 heterocycles. The van der Waals surface area contributed by atoms with Crippen molar-refractivity contribution in [3.05, 3.63) is 77.8 Å². The Morgan fingerprint density at radius 3 is 2.35 bits per heavy atom. The highest BCUT2D eigenvalue weighted by molar-refractivity contribution is 6.05. The fourth-order valence-electron chi connectivity index (χ4n) is 2.48. The molecule has 2 amide bonds. The fraction of sp³-hybridized carbons (Fsp3) is 0.0952. The number of hydrogen-bond acceptors (Lipinski definition) is 6. The molecule has 2 aromatic carbocycles. The third-order valence-electron chi connectivity index (χ3n) is 3.88. The molecule has 31 heavy (non-hydrogen) atoms. The average molecular weight is 433 g/mol. The molecule has 0 aliphatic carbocycles. The molecular formula is C21H14F3NO6. The molecule has 10 heteroatoms. The van der Waals surface area contributed by atoms with Gasteiger partial charge in [-0.2, -0.15) is 8.78 Å². The summed E-state index contributed by atoms with van der Waals surface area (Å²) in [5.74, 6) is -3.59. The van der Waals surface area contributed by atoms with Gasteiger partial charge >= 0.3 is 12.6 Å². The maximum atomic E-state index is 13.8. The standard InChI is InChI=1S/C21H14F3NO6/c22-15-4-2-1-3-14(15)16-9-10-17(31-16)20(28)29-11-18(26)25-19(27)12-5-7-13(8-6-12)30-21(23)24/h1-10,21H,11H2,(H,25,26,27). The Morgan fingerprint density at radius 1 is 0.968 bits per heavy atom. The molecule has 0 fully saturated rings. The lowest BCUT2D eigenvalue weighted by atomic mass is 10.1. The van der Waals surface area contributed by atoms with E-state index in [1.54, 1.807) is 6.07 Å². The molecule has 0 saturated heterocycles. The van der Waals surface area contributed by atoms with E-state index in [1.165, 1.54) is 42.5 Å². The van der Waals surface area contributed by atoms with E-state index in [4.69, 9.17) is 9.15 Å². The van der Waals surface area contributed by atoms with Gasteiger partial charge in [-0.1, -0.05) is 12.1 Å². The number of carbonyl (C=O) groups excluding carboxylic acids is 3. The van der Waals surface area contributed by atoms with Crippen LogP contribution in [0.1, 0.15) is 20.9 Å². The Kier molecular flexibility index (Phi) is 6.71. The third-order valence-corrected chi connectivity index (χ3v) is 3.88. The van der Waals surface area contributed by atoms with Crippen molar-refractivity contribution in [3.63, 3.8) is 0 Å². The quantitative estimate of drug-likeness (QED) is 0.570. The van der Waals surface area contributed by atoms with E-state index in [0.717, 1.165) is 12.1 Å². The second-order valence-electron chi connectivity index (χ2n) is 6.00. The Morgan fingerprint density at radius 2 is 1.68 bits per heavy atom. The number of rotatable bonds is 7. The number of imide groups is 1. The smallest absolute Gasteiger partial charge is 0.387 e. The van der Waals surface area contributed by atoms with E-state index >= 15 is 0 Å². The van der Waals surface area contributed by atoms with Crippen LogP contribution in [0.4, 0.5) is 13.2 Å². The molecule has 0 radical (unpaired) electrons. The lowest BCUT2D eigenvalue weighted by molar-refractivity contribution is -0.123. The first-order valence-corrected chi connectivity index (χ1v) is 8.74. The zero-order chi connectivity index (χ0) is 22.4. The van der Waals surface area contributed by atoms with Crippen molar-refractivity contribution in [2.45, 2.75) is 6.61 Å². The summed E-state index contributed by atoms with van der Waals surface area (Å²) in [5, 5.41) is 1.98. The van der Waals surface area contributed by atoms with Gasteiger partial charge in [0.2, 0.25) is 5.76 Å². The van der Waals surface area contributed by atoms with Crippen LogP contribution in [0.15, 0.2) is 65.1 Å². The molecule has 7 nitrogen and oxygen atoms in total. The molecule has 1 aromatic heterocycles. The van der Waals surface area contributed by atoms with Crippen LogP contribution in [0.2, 0.25) is 0 Å². The summed E-state index contributed by atoms with van der Waals surface area (Å²) in [5.41, 5.74) is 0.150. The first kappa shape index (κ1) is 21.6. The second-order valence-corrected chi connectivity index (χ2v) is 6.00. The number of carbonyl (C=O) groups is 3. The minimum atomic E-state index is -3.01. The number of esters is 1. The summed E-state index contributed by atoms with van der Waals surface area (Å²) in [4.78, 5) is 35.8. The number of alkyl halides is 2. The average Bonchev–Trinajstić information content (AvgIpc) is 3.22. The molecule has 0 spiro atoms. The predicted molar refractivity (Wildman–Crippen MR) is 99.9 cm³/mol. The summed E-state index contributed by atoms with van der Waals surface area (Å²) in [6.45, 7) is -3.79. The van der Waals surface area contributed by atoms with Crippen molar-refractivity contribution in [2.75, 3.05) is 6.61 Å². The number of benzene rings is 2. The van der Waals surface area contributed by atoms with Gasteiger partial charge in [0.1, 0.15) is 17.3 Å². The van der Waals surface area contributed by atoms with Gasteiger partial charge in [-0.15, -0.1) is 0 Å². The number of hydrogen-bond donors (Lipinski definition) is 1. The molecule has 0 bridgehead atoms. The fourth-order valence-corrected chi connectivity index (χ4v) is 2.48. The van der Waals surface area contributed by atoms with Gasteiger partial charge in [-0.25, -0.2) is 9.18 Å². The van der Waals surface area contributed by atoms with E-state index in [1.807, 2.05) is 5.32 Å².